The van der Waals surface area contributed by atoms with Crippen molar-refractivity contribution in [1.29, 1.82) is 0 Å². The average molecular weight is 523 g/mol. The zero-order chi connectivity index (χ0) is 26.8. The van der Waals surface area contributed by atoms with E-state index in [0.717, 1.165) is 18.8 Å². The smallest absolute Gasteiger partial charge is 0.307 e. The molecule has 6 heteroatoms. The number of hydrogen-bond donors (Lipinski definition) is 0. The van der Waals surface area contributed by atoms with E-state index < -0.39 is 6.48 Å². The first kappa shape index (κ1) is 29.3. The molecule has 0 aliphatic heterocycles. The number of carbonyl (C=O) groups is 1. The van der Waals surface area contributed by atoms with Crippen LogP contribution in [0.5, 0.6) is 0 Å². The Kier molecular flexibility index (Phi) is 9.68. The lowest BCUT2D eigenvalue weighted by Crippen LogP contribution is -2.62. The summed E-state index contributed by atoms with van der Waals surface area (Å²) in [7, 11) is 4.93. The highest BCUT2D eigenvalue weighted by Crippen LogP contribution is 2.70. The van der Waals surface area contributed by atoms with Crippen LogP contribution < -0.4 is 0 Å². The summed E-state index contributed by atoms with van der Waals surface area (Å²) >= 11 is 0. The van der Waals surface area contributed by atoms with Crippen molar-refractivity contribution in [3.63, 3.8) is 0 Å². The predicted molar refractivity (Wildman–Crippen MR) is 143 cm³/mol. The highest BCUT2D eigenvalue weighted by atomic mass is 16.8. The van der Waals surface area contributed by atoms with Crippen molar-refractivity contribution in [2.75, 3.05) is 28.1 Å². The van der Waals surface area contributed by atoms with Gasteiger partial charge < -0.3 is 23.7 Å². The van der Waals surface area contributed by atoms with Crippen molar-refractivity contribution in [2.24, 2.45) is 52.3 Å². The molecule has 4 rings (SSSR count). The minimum Gasteiger partial charge on any atom is -0.438 e. The van der Waals surface area contributed by atoms with Gasteiger partial charge in [-0.3, -0.25) is 4.79 Å². The van der Waals surface area contributed by atoms with Gasteiger partial charge in [0.15, 0.2) is 6.79 Å². The van der Waals surface area contributed by atoms with E-state index in [1.165, 1.54) is 51.4 Å². The van der Waals surface area contributed by atoms with Crippen LogP contribution in [0.15, 0.2) is 0 Å². The van der Waals surface area contributed by atoms with Gasteiger partial charge in [0.2, 0.25) is 0 Å². The van der Waals surface area contributed by atoms with Crippen molar-refractivity contribution in [3.8, 4) is 0 Å². The molecular formula is C31H54O6. The summed E-state index contributed by atoms with van der Waals surface area (Å²) in [5.74, 6) is 4.15. The van der Waals surface area contributed by atoms with Crippen LogP contribution in [0.3, 0.4) is 0 Å². The molecule has 6 nitrogen and oxygen atoms in total. The van der Waals surface area contributed by atoms with Crippen molar-refractivity contribution >= 4 is 5.97 Å². The normalized spacial score (nSPS) is 42.1. The van der Waals surface area contributed by atoms with Crippen molar-refractivity contribution in [1.82, 2.24) is 0 Å². The van der Waals surface area contributed by atoms with E-state index in [-0.39, 0.29) is 24.3 Å². The SMILES string of the molecule is CC[C@H]1[C@@H](OC(OC)OC)[C@@H]2[C@H](CC[C@]3(C)[C@@H]([C@H](C)CCC(=O)OCOC)CC[C@@H]23)[C@@]2(C)CCCC[C@@H]12. The minimum atomic E-state index is -0.602. The van der Waals surface area contributed by atoms with Gasteiger partial charge in [-0.1, -0.05) is 47.0 Å². The molecule has 0 heterocycles. The van der Waals surface area contributed by atoms with Crippen molar-refractivity contribution in [3.05, 3.63) is 0 Å². The van der Waals surface area contributed by atoms with Crippen LogP contribution in [0.4, 0.5) is 0 Å². The summed E-state index contributed by atoms with van der Waals surface area (Å²) in [5.41, 5.74) is 0.694. The monoisotopic (exact) mass is 522 g/mol. The molecule has 4 aliphatic carbocycles. The highest BCUT2D eigenvalue weighted by Gasteiger charge is 2.65. The standard InChI is InChI=1S/C31H54O6/c1-8-21-23-11-9-10-17-30(23,3)25-16-18-31(4)22(20(2)12-15-26(32)36-19-33-5)13-14-24(31)27(25)28(21)37-29(34-6)35-7/h20-25,27-29H,8-19H2,1-7H3/t20-,21-,22-,23+,24+,25+,27+,28-,30+,31-/m1/s1. The first-order valence-corrected chi connectivity index (χ1v) is 15.1. The lowest BCUT2D eigenvalue weighted by molar-refractivity contribution is -0.325. The first-order valence-electron chi connectivity index (χ1n) is 15.1. The predicted octanol–water partition coefficient (Wildman–Crippen LogP) is 6.81. The summed E-state index contributed by atoms with van der Waals surface area (Å²) in [5, 5.41) is 0. The van der Waals surface area contributed by atoms with E-state index in [9.17, 15) is 4.79 Å². The first-order chi connectivity index (χ1) is 17.7. The van der Waals surface area contributed by atoms with Crippen molar-refractivity contribution in [2.45, 2.75) is 111 Å². The second-order valence-electron chi connectivity index (χ2n) is 13.2. The molecule has 0 aromatic rings. The molecule has 0 aromatic carbocycles. The maximum Gasteiger partial charge on any atom is 0.307 e. The van der Waals surface area contributed by atoms with Crippen molar-refractivity contribution < 1.29 is 28.5 Å². The topological polar surface area (TPSA) is 63.2 Å². The molecule has 4 saturated carbocycles. The molecule has 0 saturated heterocycles. The van der Waals surface area contributed by atoms with Gasteiger partial charge in [0, 0.05) is 27.8 Å². The fraction of sp³-hybridized carbons (Fsp3) is 0.968. The van der Waals surface area contributed by atoms with Crippen LogP contribution >= 0.6 is 0 Å². The van der Waals surface area contributed by atoms with Crippen LogP contribution in [0.25, 0.3) is 0 Å². The molecule has 10 atom stereocenters. The Bertz CT molecular complexity index is 754. The number of methoxy groups -OCH3 is 3. The third kappa shape index (κ3) is 5.38. The Hall–Kier alpha value is -0.690. The lowest BCUT2D eigenvalue weighted by Gasteiger charge is -2.65. The Morgan fingerprint density at radius 1 is 0.919 bits per heavy atom. The largest absolute Gasteiger partial charge is 0.438 e. The Labute approximate surface area is 225 Å². The molecule has 214 valence electrons. The Morgan fingerprint density at radius 3 is 2.32 bits per heavy atom. The number of esters is 1. The second-order valence-corrected chi connectivity index (χ2v) is 13.2. The van der Waals surface area contributed by atoms with Crippen LogP contribution in [-0.4, -0.2) is 46.7 Å². The van der Waals surface area contributed by atoms with Gasteiger partial charge in [-0.25, -0.2) is 0 Å². The molecule has 37 heavy (non-hydrogen) atoms. The summed E-state index contributed by atoms with van der Waals surface area (Å²) in [4.78, 5) is 12.2. The average Bonchev–Trinajstić information content (AvgIpc) is 3.26. The summed E-state index contributed by atoms with van der Waals surface area (Å²) in [6.45, 7) is 9.39. The van der Waals surface area contributed by atoms with E-state index >= 15 is 0 Å². The van der Waals surface area contributed by atoms with Crippen LogP contribution in [-0.2, 0) is 28.5 Å². The van der Waals surface area contributed by atoms with Crippen LogP contribution in [0, 0.1) is 52.3 Å². The third-order valence-electron chi connectivity index (χ3n) is 11.9. The quantitative estimate of drug-likeness (QED) is 0.219. The zero-order valence-corrected chi connectivity index (χ0v) is 24.6. The van der Waals surface area contributed by atoms with E-state index in [1.807, 2.05) is 0 Å². The molecule has 0 radical (unpaired) electrons. The number of carbonyl (C=O) groups excluding carboxylic acids is 1. The molecule has 0 bridgehead atoms. The molecule has 4 fully saturated rings. The molecule has 0 spiro atoms. The number of ether oxygens (including phenoxy) is 5. The maximum absolute atomic E-state index is 12.2. The van der Waals surface area contributed by atoms with Gasteiger partial charge in [0.05, 0.1) is 6.10 Å². The van der Waals surface area contributed by atoms with E-state index in [1.54, 1.807) is 21.3 Å². The van der Waals surface area contributed by atoms with Gasteiger partial charge in [-0.2, -0.15) is 0 Å². The van der Waals surface area contributed by atoms with Gasteiger partial charge in [0.25, 0.3) is 6.48 Å². The Morgan fingerprint density at radius 2 is 1.65 bits per heavy atom. The fourth-order valence-electron chi connectivity index (χ4n) is 10.2. The molecular weight excluding hydrogens is 468 g/mol. The van der Waals surface area contributed by atoms with E-state index in [0.29, 0.717) is 47.3 Å². The van der Waals surface area contributed by atoms with Crippen LogP contribution in [0.1, 0.15) is 98.3 Å². The molecule has 0 amide bonds. The van der Waals surface area contributed by atoms with Gasteiger partial charge in [0.1, 0.15) is 0 Å². The van der Waals surface area contributed by atoms with Crippen LogP contribution in [0.2, 0.25) is 0 Å². The number of rotatable bonds is 11. The minimum absolute atomic E-state index is 0.0448. The fourth-order valence-corrected chi connectivity index (χ4v) is 10.2. The Balaban J connectivity index is 1.60. The lowest BCUT2D eigenvalue weighted by atomic mass is 9.41. The second kappa shape index (κ2) is 12.2. The van der Waals surface area contributed by atoms with E-state index in [4.69, 9.17) is 23.7 Å². The molecule has 0 aromatic heterocycles. The van der Waals surface area contributed by atoms with Gasteiger partial charge in [-0.15, -0.1) is 0 Å². The third-order valence-corrected chi connectivity index (χ3v) is 11.9. The highest BCUT2D eigenvalue weighted by molar-refractivity contribution is 5.69. The van der Waals surface area contributed by atoms with E-state index in [2.05, 4.69) is 27.7 Å². The number of fused-ring (bicyclic) bond motifs is 5. The maximum atomic E-state index is 12.2. The summed E-state index contributed by atoms with van der Waals surface area (Å²) in [6.07, 6.45) is 13.2. The summed E-state index contributed by atoms with van der Waals surface area (Å²) < 4.78 is 28.1. The summed E-state index contributed by atoms with van der Waals surface area (Å²) in [6, 6.07) is 0. The molecule has 0 N–H and O–H groups in total. The number of hydrogen-bond acceptors (Lipinski definition) is 6. The zero-order valence-electron chi connectivity index (χ0n) is 24.6. The molecule has 0 unspecified atom stereocenters. The van der Waals surface area contributed by atoms with Gasteiger partial charge >= 0.3 is 5.97 Å². The van der Waals surface area contributed by atoms with Gasteiger partial charge in [-0.05, 0) is 97.2 Å². The molecule has 4 aliphatic rings.